The fourth-order valence-corrected chi connectivity index (χ4v) is 5.04. The lowest BCUT2D eigenvalue weighted by atomic mass is 10.0. The molecule has 2 aliphatic rings. The maximum Gasteiger partial charge on any atom is 0.219 e. The number of hydrogen-bond donors (Lipinski definition) is 0. The van der Waals surface area contributed by atoms with Gasteiger partial charge in [0.25, 0.3) is 0 Å². The summed E-state index contributed by atoms with van der Waals surface area (Å²) in [5.41, 5.74) is 0. The molecule has 1 atom stereocenters. The second kappa shape index (κ2) is 9.83. The summed E-state index contributed by atoms with van der Waals surface area (Å²) in [7, 11) is 0. The maximum atomic E-state index is 12.3. The summed E-state index contributed by atoms with van der Waals surface area (Å²) >= 11 is 1.89. The van der Waals surface area contributed by atoms with Gasteiger partial charge in [0, 0.05) is 62.0 Å². The van der Waals surface area contributed by atoms with Gasteiger partial charge in [0.15, 0.2) is 0 Å². The predicted octanol–water partition coefficient (Wildman–Crippen LogP) is 2.59. The number of likely N-dealkylation sites (tertiary alicyclic amines) is 1. The van der Waals surface area contributed by atoms with Crippen molar-refractivity contribution < 1.29 is 9.53 Å². The van der Waals surface area contributed by atoms with Crippen LogP contribution in [0.1, 0.15) is 35.9 Å². The van der Waals surface area contributed by atoms with E-state index < -0.39 is 0 Å². The lowest BCUT2D eigenvalue weighted by molar-refractivity contribution is -0.132. The summed E-state index contributed by atoms with van der Waals surface area (Å²) in [6.07, 6.45) is 3.37. The third-order valence-corrected chi connectivity index (χ3v) is 6.46. The van der Waals surface area contributed by atoms with Gasteiger partial charge in [-0.2, -0.15) is 0 Å². The molecule has 0 spiro atoms. The summed E-state index contributed by atoms with van der Waals surface area (Å²) < 4.78 is 5.41. The van der Waals surface area contributed by atoms with E-state index in [2.05, 4.69) is 33.8 Å². The first kappa shape index (κ1) is 19.8. The number of ether oxygens (including phenoxy) is 1. The smallest absolute Gasteiger partial charge is 0.219 e. The quantitative estimate of drug-likeness (QED) is 0.730. The molecule has 146 valence electrons. The van der Waals surface area contributed by atoms with Crippen molar-refractivity contribution in [2.24, 2.45) is 0 Å². The Morgan fingerprint density at radius 1 is 1.27 bits per heavy atom. The normalized spacial score (nSPS) is 22.5. The monoisotopic (exact) mass is 379 g/mol. The van der Waals surface area contributed by atoms with E-state index in [1.165, 1.54) is 16.2 Å². The SMILES string of the molecule is CC(=O)N(CCCN1CCOCC1)C1CCCN(Cc2ccc(C)s2)C1. The van der Waals surface area contributed by atoms with Crippen molar-refractivity contribution in [2.45, 2.75) is 45.7 Å². The molecule has 2 fully saturated rings. The van der Waals surface area contributed by atoms with E-state index in [4.69, 9.17) is 4.74 Å². The van der Waals surface area contributed by atoms with Crippen LogP contribution < -0.4 is 0 Å². The largest absolute Gasteiger partial charge is 0.379 e. The van der Waals surface area contributed by atoms with Crippen molar-refractivity contribution in [3.63, 3.8) is 0 Å². The van der Waals surface area contributed by atoms with Gasteiger partial charge >= 0.3 is 0 Å². The number of morpholine rings is 1. The van der Waals surface area contributed by atoms with Crippen LogP contribution >= 0.6 is 11.3 Å². The third-order valence-electron chi connectivity index (χ3n) is 5.48. The first-order chi connectivity index (χ1) is 12.6. The highest BCUT2D eigenvalue weighted by Crippen LogP contribution is 2.22. The fraction of sp³-hybridized carbons (Fsp3) is 0.750. The van der Waals surface area contributed by atoms with Crippen LogP contribution in [0.5, 0.6) is 0 Å². The second-order valence-electron chi connectivity index (χ2n) is 7.56. The molecule has 2 saturated heterocycles. The van der Waals surface area contributed by atoms with Crippen LogP contribution in [-0.2, 0) is 16.1 Å². The fourth-order valence-electron chi connectivity index (χ4n) is 4.11. The minimum absolute atomic E-state index is 0.228. The summed E-state index contributed by atoms with van der Waals surface area (Å²) in [6.45, 7) is 12.8. The highest BCUT2D eigenvalue weighted by atomic mass is 32.1. The summed E-state index contributed by atoms with van der Waals surface area (Å²) in [6, 6.07) is 4.82. The highest BCUT2D eigenvalue weighted by Gasteiger charge is 2.27. The van der Waals surface area contributed by atoms with Crippen molar-refractivity contribution in [2.75, 3.05) is 52.5 Å². The molecule has 2 aliphatic heterocycles. The number of nitrogens with zero attached hydrogens (tertiary/aromatic N) is 3. The van der Waals surface area contributed by atoms with E-state index in [1.807, 2.05) is 11.3 Å². The Labute approximate surface area is 161 Å². The van der Waals surface area contributed by atoms with E-state index in [9.17, 15) is 4.79 Å². The van der Waals surface area contributed by atoms with Crippen molar-refractivity contribution in [3.8, 4) is 0 Å². The van der Waals surface area contributed by atoms with Crippen LogP contribution in [0.25, 0.3) is 0 Å². The average molecular weight is 380 g/mol. The standard InChI is InChI=1S/C20H33N3O2S/c1-17-6-7-20(26-17)16-22-8-3-5-19(15-22)23(18(2)24)10-4-9-21-11-13-25-14-12-21/h6-7,19H,3-5,8-16H2,1-2H3. The van der Waals surface area contributed by atoms with Gasteiger partial charge in [-0.1, -0.05) is 0 Å². The third kappa shape index (κ3) is 5.78. The van der Waals surface area contributed by atoms with Gasteiger partial charge in [-0.05, 0) is 44.9 Å². The van der Waals surface area contributed by atoms with E-state index in [0.717, 1.165) is 71.9 Å². The molecule has 0 aliphatic carbocycles. The van der Waals surface area contributed by atoms with Gasteiger partial charge in [-0.3, -0.25) is 14.6 Å². The van der Waals surface area contributed by atoms with E-state index in [0.29, 0.717) is 6.04 Å². The first-order valence-corrected chi connectivity index (χ1v) is 10.8. The van der Waals surface area contributed by atoms with Crippen LogP contribution in [0.3, 0.4) is 0 Å². The van der Waals surface area contributed by atoms with Crippen LogP contribution in [-0.4, -0.2) is 79.1 Å². The number of carbonyl (C=O) groups excluding carboxylic acids is 1. The van der Waals surface area contributed by atoms with Crippen LogP contribution in [0.4, 0.5) is 0 Å². The van der Waals surface area contributed by atoms with Crippen LogP contribution in [0.15, 0.2) is 12.1 Å². The van der Waals surface area contributed by atoms with E-state index >= 15 is 0 Å². The zero-order chi connectivity index (χ0) is 18.4. The first-order valence-electron chi connectivity index (χ1n) is 9.97. The minimum atomic E-state index is 0.228. The van der Waals surface area contributed by atoms with Crippen molar-refractivity contribution in [1.29, 1.82) is 0 Å². The molecule has 0 saturated carbocycles. The lowest BCUT2D eigenvalue weighted by Crippen LogP contribution is -2.50. The van der Waals surface area contributed by atoms with E-state index in [-0.39, 0.29) is 5.91 Å². The van der Waals surface area contributed by atoms with Crippen molar-refractivity contribution in [3.05, 3.63) is 21.9 Å². The number of hydrogen-bond acceptors (Lipinski definition) is 5. The number of piperidine rings is 1. The van der Waals surface area contributed by atoms with Gasteiger partial charge in [-0.25, -0.2) is 0 Å². The van der Waals surface area contributed by atoms with Crippen molar-refractivity contribution in [1.82, 2.24) is 14.7 Å². The van der Waals surface area contributed by atoms with Crippen molar-refractivity contribution >= 4 is 17.2 Å². The molecule has 0 aromatic carbocycles. The van der Waals surface area contributed by atoms with Gasteiger partial charge in [0.1, 0.15) is 0 Å². The molecule has 3 rings (SSSR count). The number of aryl methyl sites for hydroxylation is 1. The second-order valence-corrected chi connectivity index (χ2v) is 8.94. The van der Waals surface area contributed by atoms with Gasteiger partial charge in [0.2, 0.25) is 5.91 Å². The molecule has 5 nitrogen and oxygen atoms in total. The van der Waals surface area contributed by atoms with Gasteiger partial charge in [0.05, 0.1) is 13.2 Å². The molecule has 0 N–H and O–H groups in total. The Morgan fingerprint density at radius 3 is 2.77 bits per heavy atom. The number of amides is 1. The molecule has 1 aromatic rings. The molecule has 3 heterocycles. The Bertz CT molecular complexity index is 571. The molecule has 1 unspecified atom stereocenters. The minimum Gasteiger partial charge on any atom is -0.379 e. The number of thiophene rings is 1. The highest BCUT2D eigenvalue weighted by molar-refractivity contribution is 7.11. The topological polar surface area (TPSA) is 36.0 Å². The average Bonchev–Trinajstić information content (AvgIpc) is 3.04. The Morgan fingerprint density at radius 2 is 2.08 bits per heavy atom. The Hall–Kier alpha value is -0.950. The summed E-state index contributed by atoms with van der Waals surface area (Å²) in [4.78, 5) is 22.2. The molecule has 0 bridgehead atoms. The van der Waals surface area contributed by atoms with Crippen LogP contribution in [0.2, 0.25) is 0 Å². The summed E-state index contributed by atoms with van der Waals surface area (Å²) in [5.74, 6) is 0.228. The molecule has 1 amide bonds. The van der Waals surface area contributed by atoms with E-state index in [1.54, 1.807) is 6.92 Å². The number of rotatable bonds is 7. The Balaban J connectivity index is 1.48. The molecule has 0 radical (unpaired) electrons. The van der Waals surface area contributed by atoms with Gasteiger partial charge < -0.3 is 9.64 Å². The summed E-state index contributed by atoms with van der Waals surface area (Å²) in [5, 5.41) is 0. The zero-order valence-electron chi connectivity index (χ0n) is 16.3. The molecule has 1 aromatic heterocycles. The molecule has 26 heavy (non-hydrogen) atoms. The Kier molecular flexibility index (Phi) is 7.49. The maximum absolute atomic E-state index is 12.3. The lowest BCUT2D eigenvalue weighted by Gasteiger charge is -2.39. The predicted molar refractivity (Wildman–Crippen MR) is 107 cm³/mol. The number of carbonyl (C=O) groups is 1. The van der Waals surface area contributed by atoms with Gasteiger partial charge in [-0.15, -0.1) is 11.3 Å². The molecular formula is C20H33N3O2S. The molecular weight excluding hydrogens is 346 g/mol. The molecule has 6 heteroatoms. The van der Waals surface area contributed by atoms with Crippen LogP contribution in [0, 0.1) is 6.92 Å². The zero-order valence-corrected chi connectivity index (χ0v) is 17.1.